The van der Waals surface area contributed by atoms with Crippen molar-refractivity contribution in [3.63, 3.8) is 0 Å². The Bertz CT molecular complexity index is 990. The smallest absolute Gasteiger partial charge is 0.321 e. The number of rotatable bonds is 3. The maximum absolute atomic E-state index is 13.1. The van der Waals surface area contributed by atoms with Gasteiger partial charge in [0.15, 0.2) is 0 Å². The van der Waals surface area contributed by atoms with Crippen molar-refractivity contribution in [2.24, 2.45) is 0 Å². The lowest BCUT2D eigenvalue weighted by atomic mass is 9.97. The minimum absolute atomic E-state index is 0.0709. The zero-order valence-corrected chi connectivity index (χ0v) is 15.1. The molecule has 27 heavy (non-hydrogen) atoms. The van der Waals surface area contributed by atoms with Gasteiger partial charge in [0, 0.05) is 25.5 Å². The van der Waals surface area contributed by atoms with Gasteiger partial charge < -0.3 is 5.32 Å². The summed E-state index contributed by atoms with van der Waals surface area (Å²) in [4.78, 5) is 16.5. The first-order valence-corrected chi connectivity index (χ1v) is 9.80. The van der Waals surface area contributed by atoms with Gasteiger partial charge in [-0.1, -0.05) is 12.1 Å². The number of nitrogens with zero attached hydrogens (tertiary/aromatic N) is 2. The Morgan fingerprint density at radius 1 is 1.22 bits per heavy atom. The fourth-order valence-electron chi connectivity index (χ4n) is 2.98. The summed E-state index contributed by atoms with van der Waals surface area (Å²) < 4.78 is 64.0. The van der Waals surface area contributed by atoms with Crippen molar-refractivity contribution < 1.29 is 26.4 Å². The summed E-state index contributed by atoms with van der Waals surface area (Å²) >= 11 is 0. The minimum Gasteiger partial charge on any atom is -0.321 e. The van der Waals surface area contributed by atoms with Crippen LogP contribution in [-0.4, -0.2) is 36.4 Å². The average Bonchev–Trinajstić information content (AvgIpc) is 2.59. The summed E-state index contributed by atoms with van der Waals surface area (Å²) in [5.41, 5.74) is -0.00603. The third-order valence-electron chi connectivity index (χ3n) is 4.30. The van der Waals surface area contributed by atoms with E-state index in [1.807, 2.05) is 0 Å². The van der Waals surface area contributed by atoms with Gasteiger partial charge in [-0.15, -0.1) is 0 Å². The number of carbonyl (C=O) groups is 1. The van der Waals surface area contributed by atoms with Gasteiger partial charge in [-0.05, 0) is 29.7 Å². The molecule has 0 atom stereocenters. The summed E-state index contributed by atoms with van der Waals surface area (Å²) in [6, 6.07) is 4.70. The molecule has 144 valence electrons. The molecule has 0 aliphatic carbocycles. The van der Waals surface area contributed by atoms with Crippen LogP contribution in [0, 0.1) is 0 Å². The van der Waals surface area contributed by atoms with Crippen LogP contribution < -0.4 is 5.32 Å². The first-order valence-electron chi connectivity index (χ1n) is 7.96. The molecule has 1 aromatic heterocycles. The lowest BCUT2D eigenvalue weighted by Gasteiger charge is -2.27. The fourth-order valence-corrected chi connectivity index (χ4v) is 3.77. The van der Waals surface area contributed by atoms with E-state index in [4.69, 9.17) is 0 Å². The van der Waals surface area contributed by atoms with E-state index in [1.165, 1.54) is 34.9 Å². The molecule has 0 saturated heterocycles. The van der Waals surface area contributed by atoms with Crippen LogP contribution in [0.2, 0.25) is 0 Å². The number of para-hydroxylation sites is 1. The molecule has 0 radical (unpaired) electrons. The van der Waals surface area contributed by atoms with Crippen LogP contribution in [0.15, 0.2) is 36.7 Å². The second-order valence-corrected chi connectivity index (χ2v) is 8.15. The molecule has 1 N–H and O–H groups in total. The molecule has 2 heterocycles. The van der Waals surface area contributed by atoms with E-state index >= 15 is 0 Å². The van der Waals surface area contributed by atoms with E-state index in [2.05, 4.69) is 10.3 Å². The highest BCUT2D eigenvalue weighted by molar-refractivity contribution is 7.88. The number of carbonyl (C=O) groups excluding carboxylic acids is 1. The number of nitrogens with one attached hydrogen (secondary N) is 1. The molecule has 1 amide bonds. The van der Waals surface area contributed by atoms with Crippen LogP contribution in [0.1, 0.15) is 27.0 Å². The van der Waals surface area contributed by atoms with Crippen molar-refractivity contribution in [1.82, 2.24) is 9.29 Å². The quantitative estimate of drug-likeness (QED) is 0.861. The van der Waals surface area contributed by atoms with Gasteiger partial charge in [-0.3, -0.25) is 9.78 Å². The maximum Gasteiger partial charge on any atom is 0.418 e. The number of hydrogen-bond donors (Lipinski definition) is 1. The number of halogens is 3. The van der Waals surface area contributed by atoms with Gasteiger partial charge in [0.05, 0.1) is 23.1 Å². The van der Waals surface area contributed by atoms with Crippen molar-refractivity contribution in [2.45, 2.75) is 19.1 Å². The first-order chi connectivity index (χ1) is 12.6. The van der Waals surface area contributed by atoms with Crippen LogP contribution in [0.25, 0.3) is 0 Å². The number of sulfonamides is 1. The highest BCUT2D eigenvalue weighted by atomic mass is 32.2. The van der Waals surface area contributed by atoms with E-state index in [1.54, 1.807) is 0 Å². The average molecular weight is 399 g/mol. The Hall–Kier alpha value is -2.46. The van der Waals surface area contributed by atoms with Gasteiger partial charge >= 0.3 is 6.18 Å². The minimum atomic E-state index is -4.60. The lowest BCUT2D eigenvalue weighted by molar-refractivity contribution is -0.136. The predicted octanol–water partition coefficient (Wildman–Crippen LogP) is 2.67. The zero-order chi connectivity index (χ0) is 19.8. The van der Waals surface area contributed by atoms with Gasteiger partial charge in [0.1, 0.15) is 0 Å². The van der Waals surface area contributed by atoms with Gasteiger partial charge in [-0.2, -0.15) is 17.5 Å². The number of fused-ring (bicyclic) bond motifs is 1. The number of hydrogen-bond acceptors (Lipinski definition) is 4. The van der Waals surface area contributed by atoms with Crippen molar-refractivity contribution in [2.75, 3.05) is 18.1 Å². The van der Waals surface area contributed by atoms with Crippen LogP contribution >= 0.6 is 0 Å². The molecule has 1 aliphatic rings. The third kappa shape index (κ3) is 4.11. The van der Waals surface area contributed by atoms with E-state index in [0.29, 0.717) is 11.1 Å². The maximum atomic E-state index is 13.1. The molecule has 0 saturated carbocycles. The van der Waals surface area contributed by atoms with Gasteiger partial charge in [0.25, 0.3) is 5.91 Å². The van der Waals surface area contributed by atoms with Crippen molar-refractivity contribution in [3.8, 4) is 0 Å². The Kier molecular flexibility index (Phi) is 4.96. The molecule has 6 nitrogen and oxygen atoms in total. The van der Waals surface area contributed by atoms with E-state index in [9.17, 15) is 26.4 Å². The third-order valence-corrected chi connectivity index (χ3v) is 5.55. The fraction of sp³-hybridized carbons (Fsp3) is 0.294. The number of anilines is 1. The molecule has 3 rings (SSSR count). The van der Waals surface area contributed by atoms with Gasteiger partial charge in [0.2, 0.25) is 10.0 Å². The normalized spacial score (nSPS) is 15.3. The Morgan fingerprint density at radius 3 is 2.59 bits per heavy atom. The number of benzene rings is 1. The number of pyridine rings is 1. The summed E-state index contributed by atoms with van der Waals surface area (Å²) in [6.45, 7) is 0.261. The monoisotopic (exact) mass is 399 g/mol. The van der Waals surface area contributed by atoms with E-state index in [-0.39, 0.29) is 30.8 Å². The first kappa shape index (κ1) is 19.3. The summed E-state index contributed by atoms with van der Waals surface area (Å²) in [5, 5.41) is 2.29. The summed E-state index contributed by atoms with van der Waals surface area (Å²) in [5.74, 6) is -0.719. The predicted molar refractivity (Wildman–Crippen MR) is 92.6 cm³/mol. The Balaban J connectivity index is 1.91. The number of amides is 1. The Labute approximate surface area is 154 Å². The number of aromatic nitrogens is 1. The molecule has 0 fully saturated rings. The highest BCUT2D eigenvalue weighted by Crippen LogP contribution is 2.35. The Morgan fingerprint density at radius 2 is 1.93 bits per heavy atom. The van der Waals surface area contributed by atoms with Crippen molar-refractivity contribution in [3.05, 3.63) is 58.9 Å². The molecular formula is C17H16F3N3O3S. The summed E-state index contributed by atoms with van der Waals surface area (Å²) in [7, 11) is -3.39. The van der Waals surface area contributed by atoms with Crippen LogP contribution in [-0.2, 0) is 29.2 Å². The van der Waals surface area contributed by atoms with E-state index < -0.39 is 27.7 Å². The van der Waals surface area contributed by atoms with Crippen LogP contribution in [0.3, 0.4) is 0 Å². The highest BCUT2D eigenvalue weighted by Gasteiger charge is 2.34. The van der Waals surface area contributed by atoms with Crippen molar-refractivity contribution >= 4 is 21.6 Å². The molecule has 1 aromatic carbocycles. The standard InChI is InChI=1S/C17H16F3N3O3S/c1-27(25,26)23-7-6-12-11(10-23)8-21-9-13(12)16(24)22-15-5-3-2-4-14(15)17(18,19)20/h2-5,8-9H,6-7,10H2,1H3,(H,22,24). The lowest BCUT2D eigenvalue weighted by Crippen LogP contribution is -2.36. The second-order valence-electron chi connectivity index (χ2n) is 6.17. The zero-order valence-electron chi connectivity index (χ0n) is 14.2. The molecule has 10 heteroatoms. The molecule has 0 spiro atoms. The van der Waals surface area contributed by atoms with Crippen LogP contribution in [0.4, 0.5) is 18.9 Å². The SMILES string of the molecule is CS(=O)(=O)N1CCc2c(cncc2C(=O)Nc2ccccc2C(F)(F)F)C1. The summed E-state index contributed by atoms with van der Waals surface area (Å²) in [6.07, 6.45) is -0.494. The topological polar surface area (TPSA) is 79.4 Å². The molecule has 0 bridgehead atoms. The largest absolute Gasteiger partial charge is 0.418 e. The molecule has 2 aromatic rings. The van der Waals surface area contributed by atoms with E-state index in [0.717, 1.165) is 12.3 Å². The van der Waals surface area contributed by atoms with Crippen molar-refractivity contribution in [1.29, 1.82) is 0 Å². The molecule has 1 aliphatic heterocycles. The van der Waals surface area contributed by atoms with Gasteiger partial charge in [-0.25, -0.2) is 8.42 Å². The number of alkyl halides is 3. The molecular weight excluding hydrogens is 383 g/mol. The van der Waals surface area contributed by atoms with Crippen LogP contribution in [0.5, 0.6) is 0 Å². The molecule has 0 unspecified atom stereocenters. The second kappa shape index (κ2) is 6.93.